The maximum Gasteiger partial charge on any atom is 0.261 e. The molecule has 2 amide bonds. The van der Waals surface area contributed by atoms with E-state index in [-0.39, 0.29) is 36.8 Å². The van der Waals surface area contributed by atoms with Gasteiger partial charge in [0.05, 0.1) is 7.11 Å². The molecule has 2 aromatic rings. The number of ether oxygens (including phenoxy) is 2. The SMILES string of the molecule is COc1ccccc1OCC(=O)N(Cc1ccc(F)cc1)C(C)C(=O)NC1CCCCC1. The minimum absolute atomic E-state index is 0.145. The van der Waals surface area contributed by atoms with Crippen LogP contribution in [0.2, 0.25) is 0 Å². The Morgan fingerprint density at radius 3 is 2.38 bits per heavy atom. The Balaban J connectivity index is 1.71. The first-order valence-corrected chi connectivity index (χ1v) is 11.1. The van der Waals surface area contributed by atoms with E-state index in [2.05, 4.69) is 5.32 Å². The van der Waals surface area contributed by atoms with Gasteiger partial charge in [0, 0.05) is 12.6 Å². The van der Waals surface area contributed by atoms with Gasteiger partial charge in [0.25, 0.3) is 5.91 Å². The molecule has 1 fully saturated rings. The summed E-state index contributed by atoms with van der Waals surface area (Å²) < 4.78 is 24.3. The summed E-state index contributed by atoms with van der Waals surface area (Å²) in [6.07, 6.45) is 5.31. The molecule has 1 aliphatic carbocycles. The van der Waals surface area contributed by atoms with E-state index in [9.17, 15) is 14.0 Å². The van der Waals surface area contributed by atoms with Crippen molar-refractivity contribution in [3.05, 3.63) is 59.9 Å². The van der Waals surface area contributed by atoms with Crippen molar-refractivity contribution in [2.45, 2.75) is 57.7 Å². The van der Waals surface area contributed by atoms with Gasteiger partial charge in [-0.2, -0.15) is 0 Å². The van der Waals surface area contributed by atoms with E-state index in [0.717, 1.165) is 31.2 Å². The second-order valence-electron chi connectivity index (χ2n) is 8.11. The minimum atomic E-state index is -0.698. The lowest BCUT2D eigenvalue weighted by atomic mass is 9.95. The summed E-state index contributed by atoms with van der Waals surface area (Å²) in [7, 11) is 1.53. The third-order valence-corrected chi connectivity index (χ3v) is 5.81. The van der Waals surface area contributed by atoms with Gasteiger partial charge in [-0.15, -0.1) is 0 Å². The van der Waals surface area contributed by atoms with Gasteiger partial charge in [-0.25, -0.2) is 4.39 Å². The Morgan fingerprint density at radius 1 is 1.06 bits per heavy atom. The summed E-state index contributed by atoms with van der Waals surface area (Å²) >= 11 is 0. The molecule has 2 aromatic carbocycles. The van der Waals surface area contributed by atoms with E-state index < -0.39 is 6.04 Å². The molecule has 1 saturated carbocycles. The molecule has 0 spiro atoms. The monoisotopic (exact) mass is 442 g/mol. The van der Waals surface area contributed by atoms with Gasteiger partial charge < -0.3 is 19.7 Å². The first-order valence-electron chi connectivity index (χ1n) is 11.1. The van der Waals surface area contributed by atoms with Crippen molar-refractivity contribution in [1.29, 1.82) is 0 Å². The van der Waals surface area contributed by atoms with Gasteiger partial charge in [0.1, 0.15) is 11.9 Å². The molecule has 7 heteroatoms. The lowest BCUT2D eigenvalue weighted by molar-refractivity contribution is -0.142. The first kappa shape index (κ1) is 23.6. The van der Waals surface area contributed by atoms with Gasteiger partial charge in [0.15, 0.2) is 18.1 Å². The van der Waals surface area contributed by atoms with Gasteiger partial charge in [0.2, 0.25) is 5.91 Å². The first-order chi connectivity index (χ1) is 15.5. The van der Waals surface area contributed by atoms with Gasteiger partial charge in [-0.05, 0) is 49.6 Å². The molecule has 32 heavy (non-hydrogen) atoms. The maximum atomic E-state index is 13.3. The van der Waals surface area contributed by atoms with E-state index in [0.29, 0.717) is 11.5 Å². The van der Waals surface area contributed by atoms with E-state index >= 15 is 0 Å². The molecule has 0 heterocycles. The summed E-state index contributed by atoms with van der Waals surface area (Å²) in [5, 5.41) is 3.09. The van der Waals surface area contributed by atoms with Crippen LogP contribution >= 0.6 is 0 Å². The number of rotatable bonds is 9. The lowest BCUT2D eigenvalue weighted by Gasteiger charge is -2.31. The molecule has 1 unspecified atom stereocenters. The van der Waals surface area contributed by atoms with E-state index in [4.69, 9.17) is 9.47 Å². The maximum absolute atomic E-state index is 13.3. The fourth-order valence-corrected chi connectivity index (χ4v) is 3.90. The molecule has 3 rings (SSSR count). The molecule has 172 valence electrons. The molecule has 0 radical (unpaired) electrons. The van der Waals surface area contributed by atoms with Gasteiger partial charge in [-0.1, -0.05) is 43.5 Å². The highest BCUT2D eigenvalue weighted by Gasteiger charge is 2.28. The zero-order valence-electron chi connectivity index (χ0n) is 18.7. The summed E-state index contributed by atoms with van der Waals surface area (Å²) in [5.41, 5.74) is 0.731. The summed E-state index contributed by atoms with van der Waals surface area (Å²) in [6.45, 7) is 1.64. The van der Waals surface area contributed by atoms with Crippen LogP contribution in [0.5, 0.6) is 11.5 Å². The van der Waals surface area contributed by atoms with Crippen LogP contribution in [-0.2, 0) is 16.1 Å². The van der Waals surface area contributed by atoms with Crippen LogP contribution in [0.1, 0.15) is 44.6 Å². The molecular formula is C25H31FN2O4. The molecule has 1 atom stereocenters. The van der Waals surface area contributed by atoms with Crippen molar-refractivity contribution in [3.8, 4) is 11.5 Å². The largest absolute Gasteiger partial charge is 0.493 e. The van der Waals surface area contributed by atoms with Crippen LogP contribution in [0, 0.1) is 5.82 Å². The van der Waals surface area contributed by atoms with Crippen molar-refractivity contribution in [1.82, 2.24) is 10.2 Å². The molecule has 0 aromatic heterocycles. The zero-order valence-corrected chi connectivity index (χ0v) is 18.7. The Hall–Kier alpha value is -3.09. The van der Waals surface area contributed by atoms with Crippen LogP contribution in [0.15, 0.2) is 48.5 Å². The van der Waals surface area contributed by atoms with E-state index in [1.165, 1.54) is 30.6 Å². The van der Waals surface area contributed by atoms with Crippen LogP contribution < -0.4 is 14.8 Å². The summed E-state index contributed by atoms with van der Waals surface area (Å²) in [6, 6.07) is 12.4. The number of hydrogen-bond acceptors (Lipinski definition) is 4. The van der Waals surface area contributed by atoms with Crippen LogP contribution in [0.4, 0.5) is 4.39 Å². The average Bonchev–Trinajstić information content (AvgIpc) is 2.82. The highest BCUT2D eigenvalue weighted by Crippen LogP contribution is 2.26. The number of methoxy groups -OCH3 is 1. The quantitative estimate of drug-likeness (QED) is 0.636. The van der Waals surface area contributed by atoms with Crippen molar-refractivity contribution < 1.29 is 23.5 Å². The smallest absolute Gasteiger partial charge is 0.261 e. The molecular weight excluding hydrogens is 411 g/mol. The molecule has 0 saturated heterocycles. The second-order valence-corrected chi connectivity index (χ2v) is 8.11. The third-order valence-electron chi connectivity index (χ3n) is 5.81. The molecule has 0 aliphatic heterocycles. The van der Waals surface area contributed by atoms with Crippen molar-refractivity contribution in [2.24, 2.45) is 0 Å². The Morgan fingerprint density at radius 2 is 1.72 bits per heavy atom. The zero-order chi connectivity index (χ0) is 22.9. The Labute approximate surface area is 188 Å². The Bertz CT molecular complexity index is 897. The second kappa shape index (κ2) is 11.5. The van der Waals surface area contributed by atoms with Gasteiger partial charge >= 0.3 is 0 Å². The fraction of sp³-hybridized carbons (Fsp3) is 0.440. The standard InChI is InChI=1S/C25H31FN2O4/c1-18(25(30)27-21-8-4-3-5-9-21)28(16-19-12-14-20(26)15-13-19)24(29)17-32-23-11-7-6-10-22(23)31-2/h6-7,10-15,18,21H,3-5,8-9,16-17H2,1-2H3,(H,27,30). The predicted octanol–water partition coefficient (Wildman–Crippen LogP) is 4.08. The number of nitrogens with zero attached hydrogens (tertiary/aromatic N) is 1. The van der Waals surface area contributed by atoms with Crippen molar-refractivity contribution in [2.75, 3.05) is 13.7 Å². The molecule has 1 aliphatic rings. The average molecular weight is 443 g/mol. The van der Waals surface area contributed by atoms with Crippen LogP contribution in [-0.4, -0.2) is 42.5 Å². The molecule has 1 N–H and O–H groups in total. The number of carbonyl (C=O) groups excluding carboxylic acids is 2. The Kier molecular flexibility index (Phi) is 8.48. The van der Waals surface area contributed by atoms with Crippen molar-refractivity contribution >= 4 is 11.8 Å². The fourth-order valence-electron chi connectivity index (χ4n) is 3.90. The number of para-hydroxylation sites is 2. The van der Waals surface area contributed by atoms with Crippen molar-refractivity contribution in [3.63, 3.8) is 0 Å². The number of nitrogens with one attached hydrogen (secondary N) is 1. The molecule has 0 bridgehead atoms. The number of carbonyl (C=O) groups is 2. The topological polar surface area (TPSA) is 67.9 Å². The predicted molar refractivity (Wildman–Crippen MR) is 120 cm³/mol. The summed E-state index contributed by atoms with van der Waals surface area (Å²) in [4.78, 5) is 27.6. The third kappa shape index (κ3) is 6.45. The van der Waals surface area contributed by atoms with E-state index in [1.807, 2.05) is 6.07 Å². The number of amides is 2. The number of benzene rings is 2. The summed E-state index contributed by atoms with van der Waals surface area (Å²) in [5.74, 6) is 0.0864. The number of hydrogen-bond donors (Lipinski definition) is 1. The minimum Gasteiger partial charge on any atom is -0.493 e. The normalized spacial score (nSPS) is 15.0. The lowest BCUT2D eigenvalue weighted by Crippen LogP contribution is -2.51. The highest BCUT2D eigenvalue weighted by atomic mass is 19.1. The highest BCUT2D eigenvalue weighted by molar-refractivity contribution is 5.88. The number of halogens is 1. The van der Waals surface area contributed by atoms with Crippen LogP contribution in [0.25, 0.3) is 0 Å². The van der Waals surface area contributed by atoms with Crippen LogP contribution in [0.3, 0.4) is 0 Å². The van der Waals surface area contributed by atoms with E-state index in [1.54, 1.807) is 37.3 Å². The van der Waals surface area contributed by atoms with Gasteiger partial charge in [-0.3, -0.25) is 9.59 Å². The molecule has 6 nitrogen and oxygen atoms in total.